The Bertz CT molecular complexity index is 1090. The van der Waals surface area contributed by atoms with Crippen LogP contribution >= 0.6 is 0 Å². The standard InChI is InChI=1S/C15H12N5/c1-18-14-12(5-3-7-17-14)20-9-13-10-4-2-6-16-11(10)8-19(13)15(18)20/h2-7,9H,8H2,1H3/q+1/i1D3. The number of aryl methyl sites for hydroxylation is 1. The Kier molecular flexibility index (Phi) is 1.27. The largest absolute Gasteiger partial charge is 0.329 e. The number of pyridine rings is 2. The fourth-order valence-electron chi connectivity index (χ4n) is 3.05. The maximum atomic E-state index is 7.93. The van der Waals surface area contributed by atoms with E-state index in [9.17, 15) is 0 Å². The number of aromatic nitrogens is 5. The smallest absolute Gasteiger partial charge is 0.258 e. The van der Waals surface area contributed by atoms with Gasteiger partial charge in [0.1, 0.15) is 12.2 Å². The zero-order chi connectivity index (χ0) is 15.8. The lowest BCUT2D eigenvalue weighted by atomic mass is 10.2. The Hall–Kier alpha value is -2.69. The Balaban J connectivity index is 1.97. The maximum absolute atomic E-state index is 7.93. The van der Waals surface area contributed by atoms with Crippen molar-refractivity contribution >= 4 is 16.9 Å². The molecule has 20 heavy (non-hydrogen) atoms. The average Bonchev–Trinajstić information content (AvgIpc) is 3.13. The third kappa shape index (κ3) is 1.02. The van der Waals surface area contributed by atoms with Crippen LogP contribution < -0.4 is 4.57 Å². The first-order valence-electron chi connectivity index (χ1n) is 7.91. The van der Waals surface area contributed by atoms with E-state index in [1.165, 1.54) is 4.57 Å². The summed E-state index contributed by atoms with van der Waals surface area (Å²) in [5.74, 6) is 0.603. The van der Waals surface area contributed by atoms with Gasteiger partial charge in [-0.2, -0.15) is 0 Å². The fourth-order valence-corrected chi connectivity index (χ4v) is 3.05. The topological polar surface area (TPSA) is 39.0 Å². The number of rotatable bonds is 0. The quantitative estimate of drug-likeness (QED) is 0.398. The molecule has 5 rings (SSSR count). The van der Waals surface area contributed by atoms with Gasteiger partial charge in [0.05, 0.1) is 29.2 Å². The molecule has 5 nitrogen and oxygen atoms in total. The summed E-state index contributed by atoms with van der Waals surface area (Å²) in [5, 5.41) is 0. The molecule has 0 aliphatic carbocycles. The van der Waals surface area contributed by atoms with Gasteiger partial charge in [0.25, 0.3) is 5.65 Å². The maximum Gasteiger partial charge on any atom is 0.329 e. The lowest BCUT2D eigenvalue weighted by Gasteiger charge is -1.93. The van der Waals surface area contributed by atoms with Crippen molar-refractivity contribution in [1.82, 2.24) is 18.9 Å². The summed E-state index contributed by atoms with van der Waals surface area (Å²) in [7, 11) is 0. The first-order chi connectivity index (χ1) is 11.1. The Morgan fingerprint density at radius 2 is 2.15 bits per heavy atom. The SMILES string of the molecule is [2H]C([2H])([2H])[n+]1c2ncccc2n2cc3n(c21)Cc1ncccc1-3. The molecule has 0 amide bonds. The van der Waals surface area contributed by atoms with Gasteiger partial charge in [0, 0.05) is 11.8 Å². The summed E-state index contributed by atoms with van der Waals surface area (Å²) in [6.45, 7) is -1.74. The molecule has 0 saturated heterocycles. The molecule has 0 unspecified atom stereocenters. The van der Waals surface area contributed by atoms with Crippen LogP contribution in [0.5, 0.6) is 0 Å². The molecule has 96 valence electrons. The number of nitrogens with zero attached hydrogens (tertiary/aromatic N) is 5. The molecule has 4 aromatic rings. The van der Waals surface area contributed by atoms with E-state index in [0.717, 1.165) is 22.5 Å². The predicted octanol–water partition coefficient (Wildman–Crippen LogP) is 1.54. The highest BCUT2D eigenvalue weighted by atomic mass is 15.3. The Labute approximate surface area is 119 Å². The van der Waals surface area contributed by atoms with Crippen LogP contribution in [0.3, 0.4) is 0 Å². The van der Waals surface area contributed by atoms with Crippen LogP contribution in [0.4, 0.5) is 0 Å². The van der Waals surface area contributed by atoms with E-state index in [-0.39, 0.29) is 0 Å². The van der Waals surface area contributed by atoms with Crippen LogP contribution in [-0.2, 0) is 13.5 Å². The highest BCUT2D eigenvalue weighted by Gasteiger charge is 2.30. The van der Waals surface area contributed by atoms with E-state index in [1.54, 1.807) is 12.4 Å². The van der Waals surface area contributed by atoms with Gasteiger partial charge in [-0.1, -0.05) is 0 Å². The van der Waals surface area contributed by atoms with Crippen LogP contribution in [-0.4, -0.2) is 18.9 Å². The molecule has 0 radical (unpaired) electrons. The van der Waals surface area contributed by atoms with Crippen molar-refractivity contribution in [3.05, 3.63) is 48.5 Å². The van der Waals surface area contributed by atoms with Gasteiger partial charge in [-0.25, -0.2) is 13.5 Å². The number of hydrogen-bond acceptors (Lipinski definition) is 2. The van der Waals surface area contributed by atoms with Crippen molar-refractivity contribution in [1.29, 1.82) is 0 Å². The summed E-state index contributed by atoms with van der Waals surface area (Å²) in [6.07, 6.45) is 5.34. The Morgan fingerprint density at radius 1 is 1.25 bits per heavy atom. The molecule has 0 fully saturated rings. The van der Waals surface area contributed by atoms with Crippen molar-refractivity contribution in [3.63, 3.8) is 0 Å². The van der Waals surface area contributed by atoms with Gasteiger partial charge in [-0.3, -0.25) is 4.98 Å². The second-order valence-electron chi connectivity index (χ2n) is 4.95. The third-order valence-corrected chi connectivity index (χ3v) is 3.91. The summed E-state index contributed by atoms with van der Waals surface area (Å²) < 4.78 is 29.0. The van der Waals surface area contributed by atoms with Gasteiger partial charge in [-0.15, -0.1) is 4.98 Å². The van der Waals surface area contributed by atoms with Crippen molar-refractivity contribution in [3.8, 4) is 11.3 Å². The summed E-state index contributed by atoms with van der Waals surface area (Å²) in [4.78, 5) is 8.69. The molecule has 0 spiro atoms. The minimum atomic E-state index is -2.31. The number of hydrogen-bond donors (Lipinski definition) is 0. The highest BCUT2D eigenvalue weighted by molar-refractivity contribution is 5.76. The summed E-state index contributed by atoms with van der Waals surface area (Å²) >= 11 is 0. The molecule has 1 aliphatic rings. The van der Waals surface area contributed by atoms with Crippen molar-refractivity contribution in [2.75, 3.05) is 0 Å². The van der Waals surface area contributed by atoms with Crippen LogP contribution in [0, 0.1) is 0 Å². The van der Waals surface area contributed by atoms with E-state index in [0.29, 0.717) is 18.0 Å². The average molecular weight is 265 g/mol. The van der Waals surface area contributed by atoms with E-state index in [2.05, 4.69) is 9.97 Å². The van der Waals surface area contributed by atoms with Gasteiger partial charge < -0.3 is 0 Å². The van der Waals surface area contributed by atoms with E-state index >= 15 is 0 Å². The van der Waals surface area contributed by atoms with Crippen LogP contribution in [0.15, 0.2) is 42.9 Å². The Morgan fingerprint density at radius 3 is 3.10 bits per heavy atom. The lowest BCUT2D eigenvalue weighted by Crippen LogP contribution is -2.30. The molecule has 5 heterocycles. The van der Waals surface area contributed by atoms with Crippen molar-refractivity contribution in [2.45, 2.75) is 6.54 Å². The second-order valence-corrected chi connectivity index (χ2v) is 4.95. The van der Waals surface area contributed by atoms with Crippen molar-refractivity contribution in [2.24, 2.45) is 6.98 Å². The molecule has 0 N–H and O–H groups in total. The first kappa shape index (κ1) is 7.79. The molecular formula is C15H12N5+. The van der Waals surface area contributed by atoms with Gasteiger partial charge >= 0.3 is 5.78 Å². The monoisotopic (exact) mass is 265 g/mol. The minimum Gasteiger partial charge on any atom is -0.258 e. The molecule has 1 aliphatic heterocycles. The van der Waals surface area contributed by atoms with Crippen LogP contribution in [0.2, 0.25) is 0 Å². The summed E-state index contributed by atoms with van der Waals surface area (Å²) in [5.41, 5.74) is 4.23. The summed E-state index contributed by atoms with van der Waals surface area (Å²) in [6, 6.07) is 7.61. The zero-order valence-electron chi connectivity index (χ0n) is 13.5. The second kappa shape index (κ2) is 3.25. The number of imidazole rings is 2. The normalized spacial score (nSPS) is 15.9. The van der Waals surface area contributed by atoms with Crippen LogP contribution in [0.25, 0.3) is 28.2 Å². The van der Waals surface area contributed by atoms with Gasteiger partial charge in [0.2, 0.25) is 0 Å². The highest BCUT2D eigenvalue weighted by Crippen LogP contribution is 2.33. The fraction of sp³-hybridized carbons (Fsp3) is 0.133. The number of fused-ring (bicyclic) bond motifs is 7. The van der Waals surface area contributed by atoms with Gasteiger partial charge in [-0.05, 0) is 24.3 Å². The third-order valence-electron chi connectivity index (χ3n) is 3.91. The van der Waals surface area contributed by atoms with Gasteiger partial charge in [0.15, 0.2) is 5.52 Å². The first-order valence-corrected chi connectivity index (χ1v) is 6.41. The van der Waals surface area contributed by atoms with Crippen LogP contribution in [0.1, 0.15) is 9.81 Å². The molecule has 0 bridgehead atoms. The molecule has 0 saturated carbocycles. The molecule has 0 atom stereocenters. The zero-order valence-corrected chi connectivity index (χ0v) is 10.5. The minimum absolute atomic E-state index is 0.460. The van der Waals surface area contributed by atoms with E-state index in [4.69, 9.17) is 4.11 Å². The predicted molar refractivity (Wildman–Crippen MR) is 74.2 cm³/mol. The molecular weight excluding hydrogens is 250 g/mol. The van der Waals surface area contributed by atoms with E-state index in [1.807, 2.05) is 39.4 Å². The lowest BCUT2D eigenvalue weighted by molar-refractivity contribution is -0.623. The molecule has 0 aromatic carbocycles. The van der Waals surface area contributed by atoms with E-state index < -0.39 is 6.98 Å². The van der Waals surface area contributed by atoms with Crippen molar-refractivity contribution < 1.29 is 8.68 Å². The molecule has 5 heteroatoms. The molecule has 4 aromatic heterocycles.